The van der Waals surface area contributed by atoms with E-state index in [1.807, 2.05) is 0 Å². The van der Waals surface area contributed by atoms with Gasteiger partial charge in [0.05, 0.1) is 5.56 Å². The van der Waals surface area contributed by atoms with Crippen LogP contribution >= 0.6 is 0 Å². The Morgan fingerprint density at radius 2 is 1.58 bits per heavy atom. The van der Waals surface area contributed by atoms with Gasteiger partial charge in [-0.3, -0.25) is 0 Å². The van der Waals surface area contributed by atoms with Crippen LogP contribution in [0.1, 0.15) is 11.8 Å². The largest absolute Gasteiger partial charge is 1.00 e. The molecule has 4 nitrogen and oxygen atoms in total. The van der Waals surface area contributed by atoms with Crippen LogP contribution in [0.4, 0.5) is 0 Å². The molecule has 0 spiro atoms. The molecule has 5 heteroatoms. The Morgan fingerprint density at radius 3 is 1.92 bits per heavy atom. The van der Waals surface area contributed by atoms with Crippen LogP contribution in [0.5, 0.6) is 11.5 Å². The van der Waals surface area contributed by atoms with E-state index in [-0.39, 0.29) is 69.9 Å². The van der Waals surface area contributed by atoms with Gasteiger partial charge in [0, 0.05) is 6.07 Å². The first-order chi connectivity index (χ1) is 5.09. The number of carboxylic acids is 1. The molecule has 0 fully saturated rings. The topological polar surface area (TPSA) is 77.8 Å². The molecule has 0 unspecified atom stereocenters. The number of rotatable bonds is 1. The first kappa shape index (κ1) is 11.9. The van der Waals surface area contributed by atoms with Crippen molar-refractivity contribution in [3.05, 3.63) is 23.8 Å². The van der Waals surface area contributed by atoms with Crippen molar-refractivity contribution in [2.75, 3.05) is 0 Å². The Morgan fingerprint density at radius 1 is 1.17 bits per heavy atom. The Balaban J connectivity index is 0. The monoisotopic (exact) mass is 194 g/mol. The SMILES string of the molecule is O=C(O)c1cc(O)cc(O)c1.[H-].[K+]. The van der Waals surface area contributed by atoms with Gasteiger partial charge in [0.2, 0.25) is 0 Å². The van der Waals surface area contributed by atoms with Crippen molar-refractivity contribution < 1.29 is 72.9 Å². The van der Waals surface area contributed by atoms with Crippen molar-refractivity contribution in [2.45, 2.75) is 0 Å². The molecule has 0 bridgehead atoms. The van der Waals surface area contributed by atoms with Crippen molar-refractivity contribution in [1.82, 2.24) is 0 Å². The molecule has 0 aliphatic carbocycles. The fourth-order valence-corrected chi connectivity index (χ4v) is 0.719. The minimum absolute atomic E-state index is 0. The van der Waals surface area contributed by atoms with Gasteiger partial charge in [0.1, 0.15) is 11.5 Å². The van der Waals surface area contributed by atoms with E-state index in [4.69, 9.17) is 15.3 Å². The summed E-state index contributed by atoms with van der Waals surface area (Å²) in [6.07, 6.45) is 0. The van der Waals surface area contributed by atoms with Crippen molar-refractivity contribution >= 4 is 5.97 Å². The van der Waals surface area contributed by atoms with Crippen molar-refractivity contribution in [2.24, 2.45) is 0 Å². The maximum Gasteiger partial charge on any atom is 1.00 e. The molecule has 0 saturated carbocycles. The minimum atomic E-state index is -1.18. The summed E-state index contributed by atoms with van der Waals surface area (Å²) in [5.41, 5.74) is -0.137. The molecule has 0 amide bonds. The number of carbonyl (C=O) groups is 1. The molecular formula is C7H7KO4. The molecule has 0 atom stereocenters. The average molecular weight is 194 g/mol. The molecule has 0 saturated heterocycles. The van der Waals surface area contributed by atoms with E-state index in [1.54, 1.807) is 0 Å². The van der Waals surface area contributed by atoms with Gasteiger partial charge in [0.15, 0.2) is 0 Å². The van der Waals surface area contributed by atoms with E-state index in [0.29, 0.717) is 0 Å². The van der Waals surface area contributed by atoms with Crippen molar-refractivity contribution in [3.8, 4) is 11.5 Å². The summed E-state index contributed by atoms with van der Waals surface area (Å²) in [7, 11) is 0. The quantitative estimate of drug-likeness (QED) is 0.448. The number of phenolic OH excluding ortho intramolecular Hbond substituents is 2. The molecule has 1 aromatic rings. The second-order valence-electron chi connectivity index (χ2n) is 2.04. The second-order valence-corrected chi connectivity index (χ2v) is 2.04. The molecule has 12 heavy (non-hydrogen) atoms. The Labute approximate surface area is 113 Å². The van der Waals surface area contributed by atoms with Crippen LogP contribution in [-0.4, -0.2) is 21.3 Å². The number of hydrogen-bond acceptors (Lipinski definition) is 3. The fourth-order valence-electron chi connectivity index (χ4n) is 0.719. The van der Waals surface area contributed by atoms with Crippen LogP contribution in [0.25, 0.3) is 0 Å². The van der Waals surface area contributed by atoms with Crippen LogP contribution in [0.3, 0.4) is 0 Å². The summed E-state index contributed by atoms with van der Waals surface area (Å²) in [4.78, 5) is 10.3. The fraction of sp³-hybridized carbons (Fsp3) is 0. The zero-order chi connectivity index (χ0) is 8.43. The van der Waals surface area contributed by atoms with Crippen LogP contribution < -0.4 is 51.4 Å². The van der Waals surface area contributed by atoms with Crippen LogP contribution in [0.15, 0.2) is 18.2 Å². The summed E-state index contributed by atoms with van der Waals surface area (Å²) in [6.45, 7) is 0. The van der Waals surface area contributed by atoms with E-state index in [2.05, 4.69) is 0 Å². The standard InChI is InChI=1S/C7H6O4.K.H/c8-5-1-4(7(10)11)2-6(9)3-5;;/h1-3,8-9H,(H,10,11);;/q;+1;-1. The zero-order valence-electron chi connectivity index (χ0n) is 7.48. The molecule has 0 radical (unpaired) electrons. The van der Waals surface area contributed by atoms with Crippen molar-refractivity contribution in [3.63, 3.8) is 0 Å². The number of aromatic carboxylic acids is 1. The van der Waals surface area contributed by atoms with Gasteiger partial charge < -0.3 is 16.7 Å². The molecule has 3 N–H and O–H groups in total. The van der Waals surface area contributed by atoms with Gasteiger partial charge in [-0.1, -0.05) is 0 Å². The predicted octanol–water partition coefficient (Wildman–Crippen LogP) is -2.09. The van der Waals surface area contributed by atoms with Crippen molar-refractivity contribution in [1.29, 1.82) is 0 Å². The predicted molar refractivity (Wildman–Crippen MR) is 37.8 cm³/mol. The first-order valence-electron chi connectivity index (χ1n) is 2.86. The Bertz CT molecular complexity index is 282. The van der Waals surface area contributed by atoms with E-state index < -0.39 is 5.97 Å². The summed E-state index contributed by atoms with van der Waals surface area (Å²) in [6, 6.07) is 3.18. The molecule has 0 heterocycles. The van der Waals surface area contributed by atoms with E-state index in [9.17, 15) is 4.79 Å². The molecule has 0 aromatic heterocycles. The maximum atomic E-state index is 10.3. The van der Waals surface area contributed by atoms with Gasteiger partial charge >= 0.3 is 57.4 Å². The molecular weight excluding hydrogens is 187 g/mol. The van der Waals surface area contributed by atoms with E-state index in [1.165, 1.54) is 0 Å². The normalized spacial score (nSPS) is 8.67. The van der Waals surface area contributed by atoms with Crippen LogP contribution in [-0.2, 0) is 0 Å². The zero-order valence-corrected chi connectivity index (χ0v) is 9.61. The molecule has 60 valence electrons. The number of carboxylic acid groups (broad SMARTS) is 1. The summed E-state index contributed by atoms with van der Waals surface area (Å²) < 4.78 is 0. The third kappa shape index (κ3) is 3.12. The number of hydrogen-bond donors (Lipinski definition) is 3. The molecule has 1 aromatic carbocycles. The van der Waals surface area contributed by atoms with Gasteiger partial charge in [-0.25, -0.2) is 4.79 Å². The molecule has 0 aliphatic heterocycles. The third-order valence-corrected chi connectivity index (χ3v) is 1.15. The molecule has 0 aliphatic rings. The minimum Gasteiger partial charge on any atom is -1.00 e. The van der Waals surface area contributed by atoms with Crippen LogP contribution in [0.2, 0.25) is 0 Å². The smallest absolute Gasteiger partial charge is 1.00 e. The van der Waals surface area contributed by atoms with E-state index >= 15 is 0 Å². The summed E-state index contributed by atoms with van der Waals surface area (Å²) >= 11 is 0. The van der Waals surface area contributed by atoms with Gasteiger partial charge in [-0.15, -0.1) is 0 Å². The van der Waals surface area contributed by atoms with Gasteiger partial charge in [-0.2, -0.15) is 0 Å². The Kier molecular flexibility index (Phi) is 4.80. The number of aromatic hydroxyl groups is 2. The third-order valence-electron chi connectivity index (χ3n) is 1.15. The Hall–Kier alpha value is -0.0736. The van der Waals surface area contributed by atoms with E-state index in [0.717, 1.165) is 18.2 Å². The van der Waals surface area contributed by atoms with Gasteiger partial charge in [0.25, 0.3) is 0 Å². The van der Waals surface area contributed by atoms with Crippen LogP contribution in [0, 0.1) is 0 Å². The summed E-state index contributed by atoms with van der Waals surface area (Å²) in [5.74, 6) is -1.71. The maximum absolute atomic E-state index is 10.3. The summed E-state index contributed by atoms with van der Waals surface area (Å²) in [5, 5.41) is 26.1. The first-order valence-corrected chi connectivity index (χ1v) is 2.86. The van der Waals surface area contributed by atoms with Gasteiger partial charge in [-0.05, 0) is 12.1 Å². The number of benzene rings is 1. The second kappa shape index (κ2) is 4.83. The average Bonchev–Trinajstić information content (AvgIpc) is 1.85. The molecule has 1 rings (SSSR count). The number of phenols is 2.